The second-order valence-electron chi connectivity index (χ2n) is 5.53. The van der Waals surface area contributed by atoms with Crippen molar-refractivity contribution in [3.05, 3.63) is 0 Å². The number of amides is 2. The number of hydrogen-bond donors (Lipinski definition) is 0. The Labute approximate surface area is 116 Å². The van der Waals surface area contributed by atoms with Gasteiger partial charge in [-0.25, -0.2) is 0 Å². The molecule has 1 fully saturated rings. The summed E-state index contributed by atoms with van der Waals surface area (Å²) in [5, 5.41) is 0. The number of likely N-dealkylation sites (tertiary alicyclic amines) is 1. The second-order valence-corrected chi connectivity index (χ2v) is 5.53. The quantitative estimate of drug-likeness (QED) is 0.709. The van der Waals surface area contributed by atoms with Crippen LogP contribution in [0.3, 0.4) is 0 Å². The van der Waals surface area contributed by atoms with Crippen LogP contribution in [0.5, 0.6) is 0 Å². The molecule has 0 atom stereocenters. The first-order valence-electron chi connectivity index (χ1n) is 7.18. The number of nitrogens with zero attached hydrogens (tertiary/aromatic N) is 3. The van der Waals surface area contributed by atoms with Gasteiger partial charge < -0.3 is 14.7 Å². The Kier molecular flexibility index (Phi) is 6.28. The van der Waals surface area contributed by atoms with Crippen LogP contribution in [0.1, 0.15) is 32.6 Å². The smallest absolute Gasteiger partial charge is 0.312 e. The molecule has 0 N–H and O–H groups in total. The van der Waals surface area contributed by atoms with E-state index in [-0.39, 0.29) is 17.9 Å². The van der Waals surface area contributed by atoms with Crippen LogP contribution in [0.4, 0.5) is 0 Å². The maximum atomic E-state index is 12.1. The minimum atomic E-state index is -0.380. The molecule has 1 saturated heterocycles. The molecule has 2 amide bonds. The van der Waals surface area contributed by atoms with Crippen LogP contribution in [0.2, 0.25) is 0 Å². The van der Waals surface area contributed by atoms with E-state index in [0.717, 1.165) is 38.8 Å². The first-order valence-corrected chi connectivity index (χ1v) is 7.18. The van der Waals surface area contributed by atoms with E-state index in [2.05, 4.69) is 18.9 Å². The second kappa shape index (κ2) is 7.48. The molecule has 0 unspecified atom stereocenters. The van der Waals surface area contributed by atoms with Gasteiger partial charge in [-0.1, -0.05) is 13.3 Å². The standard InChI is InChI=1S/C14H27N3O2/c1-5-6-9-16(3)13(18)14(19)17(4)12-7-10-15(2)11-8-12/h12H,5-11H2,1-4H3. The highest BCUT2D eigenvalue weighted by Gasteiger charge is 2.29. The number of rotatable bonds is 4. The van der Waals surface area contributed by atoms with Crippen LogP contribution in [0, 0.1) is 0 Å². The van der Waals surface area contributed by atoms with Crippen LogP contribution >= 0.6 is 0 Å². The number of likely N-dealkylation sites (N-methyl/N-ethyl adjacent to an activating group) is 2. The number of piperidine rings is 1. The van der Waals surface area contributed by atoms with Gasteiger partial charge in [-0.15, -0.1) is 0 Å². The fraction of sp³-hybridized carbons (Fsp3) is 0.857. The Bertz CT molecular complexity index is 312. The van der Waals surface area contributed by atoms with Gasteiger partial charge in [-0.3, -0.25) is 9.59 Å². The summed E-state index contributed by atoms with van der Waals surface area (Å²) < 4.78 is 0. The first kappa shape index (κ1) is 16.0. The minimum Gasteiger partial charge on any atom is -0.338 e. The van der Waals surface area contributed by atoms with Crippen molar-refractivity contribution < 1.29 is 9.59 Å². The third kappa shape index (κ3) is 4.49. The summed E-state index contributed by atoms with van der Waals surface area (Å²) in [6.45, 7) is 4.71. The lowest BCUT2D eigenvalue weighted by molar-refractivity contribution is -0.152. The fourth-order valence-electron chi connectivity index (χ4n) is 2.36. The molecule has 110 valence electrons. The Hall–Kier alpha value is -1.10. The largest absolute Gasteiger partial charge is 0.338 e. The zero-order chi connectivity index (χ0) is 14.4. The molecule has 1 aliphatic rings. The van der Waals surface area contributed by atoms with Crippen molar-refractivity contribution in [2.24, 2.45) is 0 Å². The highest BCUT2D eigenvalue weighted by molar-refractivity contribution is 6.34. The van der Waals surface area contributed by atoms with Gasteiger partial charge in [0.05, 0.1) is 0 Å². The van der Waals surface area contributed by atoms with E-state index in [1.807, 2.05) is 0 Å². The van der Waals surface area contributed by atoms with Crippen molar-refractivity contribution >= 4 is 11.8 Å². The van der Waals surface area contributed by atoms with Crippen LogP contribution in [0.25, 0.3) is 0 Å². The fourth-order valence-corrected chi connectivity index (χ4v) is 2.36. The van der Waals surface area contributed by atoms with Crippen molar-refractivity contribution in [2.45, 2.75) is 38.6 Å². The molecule has 0 aromatic rings. The van der Waals surface area contributed by atoms with E-state index in [4.69, 9.17) is 0 Å². The molecule has 0 bridgehead atoms. The van der Waals surface area contributed by atoms with Crippen LogP contribution in [0.15, 0.2) is 0 Å². The topological polar surface area (TPSA) is 43.9 Å². The Morgan fingerprint density at radius 1 is 1.16 bits per heavy atom. The van der Waals surface area contributed by atoms with Gasteiger partial charge in [0.25, 0.3) is 0 Å². The third-order valence-corrected chi connectivity index (χ3v) is 3.93. The molecule has 0 spiro atoms. The Morgan fingerprint density at radius 2 is 1.74 bits per heavy atom. The molecule has 5 heteroatoms. The molecule has 1 aliphatic heterocycles. The van der Waals surface area contributed by atoms with E-state index in [1.54, 1.807) is 19.0 Å². The summed E-state index contributed by atoms with van der Waals surface area (Å²) in [5.74, 6) is -0.747. The molecule has 5 nitrogen and oxygen atoms in total. The molecule has 0 aliphatic carbocycles. The molecular weight excluding hydrogens is 242 g/mol. The summed E-state index contributed by atoms with van der Waals surface area (Å²) in [7, 11) is 5.55. The number of carbonyl (C=O) groups excluding carboxylic acids is 2. The maximum Gasteiger partial charge on any atom is 0.312 e. The van der Waals surface area contributed by atoms with Crippen LogP contribution in [-0.4, -0.2) is 73.3 Å². The summed E-state index contributed by atoms with van der Waals surface area (Å²) in [6.07, 6.45) is 3.86. The third-order valence-electron chi connectivity index (χ3n) is 3.93. The lowest BCUT2D eigenvalue weighted by Gasteiger charge is -2.35. The number of unbranched alkanes of at least 4 members (excludes halogenated alkanes) is 1. The lowest BCUT2D eigenvalue weighted by atomic mass is 10.0. The van der Waals surface area contributed by atoms with Crippen LogP contribution < -0.4 is 0 Å². The van der Waals surface area contributed by atoms with Crippen molar-refractivity contribution in [1.29, 1.82) is 0 Å². The Morgan fingerprint density at radius 3 is 2.26 bits per heavy atom. The summed E-state index contributed by atoms with van der Waals surface area (Å²) in [6, 6.07) is 0.201. The molecule has 0 radical (unpaired) electrons. The van der Waals surface area contributed by atoms with Crippen LogP contribution in [-0.2, 0) is 9.59 Å². The summed E-state index contributed by atoms with van der Waals surface area (Å²) in [4.78, 5) is 29.6. The molecule has 19 heavy (non-hydrogen) atoms. The first-order chi connectivity index (χ1) is 8.97. The normalized spacial score (nSPS) is 17.3. The van der Waals surface area contributed by atoms with E-state index >= 15 is 0 Å². The summed E-state index contributed by atoms with van der Waals surface area (Å²) >= 11 is 0. The van der Waals surface area contributed by atoms with E-state index in [1.165, 1.54) is 4.90 Å². The monoisotopic (exact) mass is 269 g/mol. The minimum absolute atomic E-state index is 0.201. The molecule has 0 saturated carbocycles. The van der Waals surface area contributed by atoms with Gasteiger partial charge in [0.1, 0.15) is 0 Å². The number of carbonyl (C=O) groups is 2. The molecular formula is C14H27N3O2. The van der Waals surface area contributed by atoms with E-state index in [9.17, 15) is 9.59 Å². The van der Waals surface area contributed by atoms with Gasteiger partial charge in [0.2, 0.25) is 0 Å². The maximum absolute atomic E-state index is 12.1. The zero-order valence-corrected chi connectivity index (χ0v) is 12.7. The zero-order valence-electron chi connectivity index (χ0n) is 12.7. The predicted octanol–water partition coefficient (Wildman–Crippen LogP) is 0.798. The lowest BCUT2D eigenvalue weighted by Crippen LogP contribution is -2.49. The van der Waals surface area contributed by atoms with Gasteiger partial charge in [0, 0.05) is 26.7 Å². The van der Waals surface area contributed by atoms with Crippen molar-refractivity contribution in [1.82, 2.24) is 14.7 Å². The molecule has 0 aromatic carbocycles. The highest BCUT2D eigenvalue weighted by Crippen LogP contribution is 2.14. The van der Waals surface area contributed by atoms with E-state index in [0.29, 0.717) is 6.54 Å². The molecule has 1 heterocycles. The Balaban J connectivity index is 2.49. The van der Waals surface area contributed by atoms with Gasteiger partial charge >= 0.3 is 11.8 Å². The summed E-state index contributed by atoms with van der Waals surface area (Å²) in [5.41, 5.74) is 0. The SMILES string of the molecule is CCCCN(C)C(=O)C(=O)N(C)C1CCN(C)CC1. The molecule has 1 rings (SSSR count). The van der Waals surface area contributed by atoms with Crippen molar-refractivity contribution in [3.8, 4) is 0 Å². The van der Waals surface area contributed by atoms with Gasteiger partial charge in [-0.2, -0.15) is 0 Å². The average Bonchev–Trinajstić information content (AvgIpc) is 2.43. The van der Waals surface area contributed by atoms with Gasteiger partial charge in [0.15, 0.2) is 0 Å². The van der Waals surface area contributed by atoms with E-state index < -0.39 is 0 Å². The van der Waals surface area contributed by atoms with Gasteiger partial charge in [-0.05, 0) is 39.4 Å². The predicted molar refractivity (Wildman–Crippen MR) is 75.8 cm³/mol. The van der Waals surface area contributed by atoms with Crippen molar-refractivity contribution in [2.75, 3.05) is 40.8 Å². The average molecular weight is 269 g/mol. The van der Waals surface area contributed by atoms with Crippen molar-refractivity contribution in [3.63, 3.8) is 0 Å². The molecule has 0 aromatic heterocycles. The highest BCUT2D eigenvalue weighted by atomic mass is 16.2. The number of hydrogen-bond acceptors (Lipinski definition) is 3.